The summed E-state index contributed by atoms with van der Waals surface area (Å²) < 4.78 is 31.6. The van der Waals surface area contributed by atoms with Crippen LogP contribution < -0.4 is 9.86 Å². The topological polar surface area (TPSA) is 67.6 Å². The van der Waals surface area contributed by atoms with Gasteiger partial charge in [-0.1, -0.05) is 47.5 Å². The molecular formula is C20H22Cl2N4O3S. The molecule has 0 spiro atoms. The highest BCUT2D eigenvalue weighted by Gasteiger charge is 2.32. The van der Waals surface area contributed by atoms with Gasteiger partial charge in [-0.3, -0.25) is 9.48 Å². The Balaban J connectivity index is 2.22. The van der Waals surface area contributed by atoms with Gasteiger partial charge in [0.15, 0.2) is 0 Å². The Bertz CT molecular complexity index is 1230. The average molecular weight is 469 g/mol. The first kappa shape index (κ1) is 22.4. The molecule has 0 fully saturated rings. The zero-order chi connectivity index (χ0) is 22.2. The van der Waals surface area contributed by atoms with Crippen LogP contribution in [0.3, 0.4) is 0 Å². The minimum atomic E-state index is -3.98. The Kier molecular flexibility index (Phi) is 6.33. The summed E-state index contributed by atoms with van der Waals surface area (Å²) in [5, 5.41) is 0.674. The van der Waals surface area contributed by atoms with Gasteiger partial charge in [-0.2, -0.15) is 12.7 Å². The molecular weight excluding hydrogens is 447 g/mol. The summed E-state index contributed by atoms with van der Waals surface area (Å²) in [4.78, 5) is 13.4. The van der Waals surface area contributed by atoms with E-state index in [1.807, 2.05) is 18.2 Å². The fourth-order valence-electron chi connectivity index (χ4n) is 3.12. The lowest BCUT2D eigenvalue weighted by Gasteiger charge is -2.26. The van der Waals surface area contributed by atoms with E-state index in [1.54, 1.807) is 49.0 Å². The monoisotopic (exact) mass is 468 g/mol. The SMILES string of the molecule is Cc1c(N(Cc2ccc(Cl)c(Cl)c2)S(=O)(=O)N(C)C)c(=O)n(-c2ccccc2)n1C. The number of nitrogens with zero attached hydrogens (tertiary/aromatic N) is 4. The molecule has 0 atom stereocenters. The second kappa shape index (κ2) is 8.47. The van der Waals surface area contributed by atoms with E-state index in [9.17, 15) is 13.2 Å². The van der Waals surface area contributed by atoms with Crippen molar-refractivity contribution >= 4 is 39.1 Å². The number of hydrogen-bond acceptors (Lipinski definition) is 3. The molecule has 160 valence electrons. The second-order valence-electron chi connectivity index (χ2n) is 6.96. The molecule has 0 aliphatic heterocycles. The van der Waals surface area contributed by atoms with Gasteiger partial charge in [0, 0.05) is 21.1 Å². The number of anilines is 1. The quantitative estimate of drug-likeness (QED) is 0.554. The number of halogens is 2. The minimum absolute atomic E-state index is 0.0705. The van der Waals surface area contributed by atoms with Crippen molar-refractivity contribution in [2.75, 3.05) is 18.4 Å². The van der Waals surface area contributed by atoms with Gasteiger partial charge in [0.25, 0.3) is 5.56 Å². The van der Waals surface area contributed by atoms with Crippen LogP contribution in [0, 0.1) is 6.92 Å². The number of aromatic nitrogens is 2. The molecule has 10 heteroatoms. The van der Waals surface area contributed by atoms with E-state index in [2.05, 4.69) is 0 Å². The predicted octanol–water partition coefficient (Wildman–Crippen LogP) is 3.60. The summed E-state index contributed by atoms with van der Waals surface area (Å²) in [7, 11) is 0.579. The maximum atomic E-state index is 13.4. The third-order valence-corrected chi connectivity index (χ3v) is 7.35. The van der Waals surface area contributed by atoms with Gasteiger partial charge in [0.1, 0.15) is 5.69 Å². The third kappa shape index (κ3) is 4.00. The number of benzene rings is 2. The van der Waals surface area contributed by atoms with E-state index < -0.39 is 15.8 Å². The normalized spacial score (nSPS) is 11.8. The van der Waals surface area contributed by atoms with Crippen LogP contribution in [-0.2, 0) is 23.8 Å². The van der Waals surface area contributed by atoms with Crippen molar-refractivity contribution in [2.45, 2.75) is 13.5 Å². The third-order valence-electron chi connectivity index (χ3n) is 4.82. The fraction of sp³-hybridized carbons (Fsp3) is 0.250. The van der Waals surface area contributed by atoms with Gasteiger partial charge in [-0.25, -0.2) is 8.99 Å². The molecule has 1 heterocycles. The molecule has 1 aromatic heterocycles. The first-order chi connectivity index (χ1) is 14.1. The van der Waals surface area contributed by atoms with Gasteiger partial charge in [0.05, 0.1) is 28.0 Å². The maximum absolute atomic E-state index is 13.4. The van der Waals surface area contributed by atoms with E-state index >= 15 is 0 Å². The maximum Gasteiger partial charge on any atom is 0.304 e. The Morgan fingerprint density at radius 2 is 1.63 bits per heavy atom. The lowest BCUT2D eigenvalue weighted by Crippen LogP contribution is -2.42. The summed E-state index contributed by atoms with van der Waals surface area (Å²) >= 11 is 12.1. The van der Waals surface area contributed by atoms with Crippen molar-refractivity contribution in [3.8, 4) is 5.69 Å². The molecule has 0 saturated carbocycles. The zero-order valence-electron chi connectivity index (χ0n) is 17.0. The average Bonchev–Trinajstić information content (AvgIpc) is 2.92. The minimum Gasteiger partial charge on any atom is -0.283 e. The van der Waals surface area contributed by atoms with Gasteiger partial charge < -0.3 is 0 Å². The van der Waals surface area contributed by atoms with E-state index in [1.165, 1.54) is 18.8 Å². The summed E-state index contributed by atoms with van der Waals surface area (Å²) in [5.41, 5.74) is 1.38. The summed E-state index contributed by atoms with van der Waals surface area (Å²) in [5.74, 6) is 0. The Morgan fingerprint density at radius 3 is 2.20 bits per heavy atom. The molecule has 30 heavy (non-hydrogen) atoms. The van der Waals surface area contributed by atoms with E-state index in [0.29, 0.717) is 27.0 Å². The summed E-state index contributed by atoms with van der Waals surface area (Å²) in [6.45, 7) is 1.63. The van der Waals surface area contributed by atoms with Crippen LogP contribution >= 0.6 is 23.2 Å². The Morgan fingerprint density at radius 1 is 1.00 bits per heavy atom. The van der Waals surface area contributed by atoms with Crippen molar-refractivity contribution in [3.05, 3.63) is 80.2 Å². The van der Waals surface area contributed by atoms with Gasteiger partial charge in [0.2, 0.25) is 0 Å². The van der Waals surface area contributed by atoms with E-state index in [4.69, 9.17) is 23.2 Å². The first-order valence-electron chi connectivity index (χ1n) is 9.04. The fourth-order valence-corrected chi connectivity index (χ4v) is 4.59. The lowest BCUT2D eigenvalue weighted by molar-refractivity contribution is 0.514. The molecule has 2 aromatic carbocycles. The summed E-state index contributed by atoms with van der Waals surface area (Å²) in [6.07, 6.45) is 0. The Labute approximate surface area is 185 Å². The predicted molar refractivity (Wildman–Crippen MR) is 121 cm³/mol. The molecule has 3 rings (SSSR count). The van der Waals surface area contributed by atoms with Crippen molar-refractivity contribution in [2.24, 2.45) is 7.05 Å². The Hall–Kier alpha value is -2.26. The zero-order valence-corrected chi connectivity index (χ0v) is 19.3. The van der Waals surface area contributed by atoms with Gasteiger partial charge in [-0.05, 0) is 36.8 Å². The van der Waals surface area contributed by atoms with Gasteiger partial charge >= 0.3 is 10.2 Å². The van der Waals surface area contributed by atoms with Crippen LogP contribution in [0.15, 0.2) is 53.3 Å². The molecule has 0 radical (unpaired) electrons. The van der Waals surface area contributed by atoms with Crippen molar-refractivity contribution < 1.29 is 8.42 Å². The standard InChI is InChI=1S/C20H22Cl2N4O3S/c1-14-19(20(27)26(24(14)4)16-8-6-5-7-9-16)25(30(28,29)23(2)3)13-15-10-11-17(21)18(22)12-15/h5-12H,13H2,1-4H3. The van der Waals surface area contributed by atoms with Crippen molar-refractivity contribution in [1.29, 1.82) is 0 Å². The molecule has 7 nitrogen and oxygen atoms in total. The lowest BCUT2D eigenvalue weighted by atomic mass is 10.2. The van der Waals surface area contributed by atoms with Crippen molar-refractivity contribution in [3.63, 3.8) is 0 Å². The van der Waals surface area contributed by atoms with E-state index in [-0.39, 0.29) is 12.2 Å². The first-order valence-corrected chi connectivity index (χ1v) is 11.2. The smallest absolute Gasteiger partial charge is 0.283 e. The largest absolute Gasteiger partial charge is 0.304 e. The van der Waals surface area contributed by atoms with Crippen LogP contribution in [0.2, 0.25) is 10.0 Å². The van der Waals surface area contributed by atoms with Crippen LogP contribution in [0.25, 0.3) is 5.69 Å². The molecule has 0 aliphatic rings. The van der Waals surface area contributed by atoms with Crippen LogP contribution in [0.4, 0.5) is 5.69 Å². The molecule has 0 amide bonds. The van der Waals surface area contributed by atoms with Crippen LogP contribution in [-0.4, -0.2) is 36.2 Å². The number of rotatable bonds is 6. The molecule has 0 bridgehead atoms. The van der Waals surface area contributed by atoms with E-state index in [0.717, 1.165) is 8.61 Å². The number of para-hydroxylation sites is 1. The molecule has 0 saturated heterocycles. The highest BCUT2D eigenvalue weighted by molar-refractivity contribution is 7.90. The number of hydrogen-bond donors (Lipinski definition) is 0. The van der Waals surface area contributed by atoms with Crippen LogP contribution in [0.1, 0.15) is 11.3 Å². The summed E-state index contributed by atoms with van der Waals surface area (Å²) in [6, 6.07) is 13.9. The molecule has 0 unspecified atom stereocenters. The molecule has 3 aromatic rings. The molecule has 0 aliphatic carbocycles. The highest BCUT2D eigenvalue weighted by atomic mass is 35.5. The molecule has 0 N–H and O–H groups in total. The highest BCUT2D eigenvalue weighted by Crippen LogP contribution is 2.27. The van der Waals surface area contributed by atoms with Crippen molar-refractivity contribution in [1.82, 2.24) is 13.7 Å². The van der Waals surface area contributed by atoms with Crippen LogP contribution in [0.5, 0.6) is 0 Å². The van der Waals surface area contributed by atoms with Gasteiger partial charge in [-0.15, -0.1) is 0 Å². The second-order valence-corrected chi connectivity index (χ2v) is 9.84.